The second-order valence-electron chi connectivity index (χ2n) is 6.59. The van der Waals surface area contributed by atoms with Crippen LogP contribution in [0.25, 0.3) is 0 Å². The van der Waals surface area contributed by atoms with Crippen LogP contribution in [-0.4, -0.2) is 25.2 Å². The van der Waals surface area contributed by atoms with Crippen LogP contribution in [0.15, 0.2) is 52.4 Å². The summed E-state index contributed by atoms with van der Waals surface area (Å²) in [6, 6.07) is 14.4. The van der Waals surface area contributed by atoms with E-state index in [-0.39, 0.29) is 5.91 Å². The normalized spacial score (nSPS) is 11.2. The molecule has 28 heavy (non-hydrogen) atoms. The summed E-state index contributed by atoms with van der Waals surface area (Å²) in [5.41, 5.74) is 4.42. The number of hydrogen-bond donors (Lipinski definition) is 3. The molecule has 6 heteroatoms. The first-order valence-corrected chi connectivity index (χ1v) is 10.7. The lowest BCUT2D eigenvalue weighted by Gasteiger charge is -2.14. The van der Waals surface area contributed by atoms with Gasteiger partial charge >= 0.3 is 0 Å². The number of aliphatic imine (C=N–C) groups is 1. The molecule has 2 aromatic rings. The first-order valence-electron chi connectivity index (χ1n) is 9.52. The fourth-order valence-corrected chi connectivity index (χ4v) is 3.50. The number of anilines is 1. The predicted molar refractivity (Wildman–Crippen MR) is 120 cm³/mol. The van der Waals surface area contributed by atoms with Crippen molar-refractivity contribution in [2.45, 2.75) is 44.7 Å². The molecule has 0 spiro atoms. The van der Waals surface area contributed by atoms with Crippen molar-refractivity contribution in [1.29, 1.82) is 0 Å². The molecule has 3 N–H and O–H groups in total. The van der Waals surface area contributed by atoms with Gasteiger partial charge in [-0.2, -0.15) is 0 Å². The minimum Gasteiger partial charge on any atom is -0.352 e. The molecule has 1 amide bonds. The Morgan fingerprint density at radius 3 is 2.61 bits per heavy atom. The molecule has 0 aliphatic rings. The van der Waals surface area contributed by atoms with Crippen LogP contribution in [0.5, 0.6) is 0 Å². The van der Waals surface area contributed by atoms with Crippen LogP contribution >= 0.6 is 11.8 Å². The lowest BCUT2D eigenvalue weighted by molar-refractivity contribution is -0.116. The van der Waals surface area contributed by atoms with Crippen molar-refractivity contribution < 1.29 is 4.79 Å². The number of aryl methyl sites for hydroxylation is 1. The van der Waals surface area contributed by atoms with Gasteiger partial charge in [-0.05, 0) is 54.5 Å². The van der Waals surface area contributed by atoms with Gasteiger partial charge in [0.25, 0.3) is 0 Å². The molecular weight excluding hydrogens is 368 g/mol. The third-order valence-electron chi connectivity index (χ3n) is 4.26. The average molecular weight is 399 g/mol. The molecule has 0 aromatic heterocycles. The maximum atomic E-state index is 11.8. The van der Waals surface area contributed by atoms with Gasteiger partial charge in [-0.3, -0.25) is 9.79 Å². The Bertz CT molecular complexity index is 820. The summed E-state index contributed by atoms with van der Waals surface area (Å²) in [5.74, 6) is 0.792. The fourth-order valence-electron chi connectivity index (χ4n) is 2.79. The van der Waals surface area contributed by atoms with Crippen LogP contribution in [0.2, 0.25) is 0 Å². The van der Waals surface area contributed by atoms with E-state index in [2.05, 4.69) is 52.3 Å². The molecule has 0 aliphatic carbocycles. The maximum Gasteiger partial charge on any atom is 0.224 e. The predicted octanol–water partition coefficient (Wildman–Crippen LogP) is 4.32. The highest BCUT2D eigenvalue weighted by Gasteiger charge is 2.05. The number of nitrogens with one attached hydrogen (secondary N) is 3. The van der Waals surface area contributed by atoms with Crippen LogP contribution in [0, 0.1) is 6.92 Å². The second kappa shape index (κ2) is 11.4. The van der Waals surface area contributed by atoms with Crippen LogP contribution in [0.1, 0.15) is 36.5 Å². The molecule has 5 nitrogen and oxygen atoms in total. The Morgan fingerprint density at radius 2 is 1.89 bits per heavy atom. The summed E-state index contributed by atoms with van der Waals surface area (Å²) in [6.07, 6.45) is 3.47. The highest BCUT2D eigenvalue weighted by atomic mass is 32.2. The number of amides is 1. The molecule has 0 saturated heterocycles. The number of rotatable bonds is 8. The Kier molecular flexibility index (Phi) is 8.88. The average Bonchev–Trinajstić information content (AvgIpc) is 2.69. The van der Waals surface area contributed by atoms with Gasteiger partial charge in [0.15, 0.2) is 5.96 Å². The summed E-state index contributed by atoms with van der Waals surface area (Å²) in [5, 5.41) is 9.63. The number of carbonyl (C=O) groups is 1. The van der Waals surface area contributed by atoms with Gasteiger partial charge in [0, 0.05) is 37.1 Å². The highest BCUT2D eigenvalue weighted by Crippen LogP contribution is 2.21. The molecular formula is C22H30N4OS. The molecule has 0 radical (unpaired) electrons. The van der Waals surface area contributed by atoms with Gasteiger partial charge in [-0.25, -0.2) is 0 Å². The monoisotopic (exact) mass is 398 g/mol. The summed E-state index contributed by atoms with van der Waals surface area (Å²) < 4.78 is 0. The minimum atomic E-state index is 0.0489. The number of guanidine groups is 1. The summed E-state index contributed by atoms with van der Waals surface area (Å²) in [4.78, 5) is 17.4. The molecule has 0 heterocycles. The zero-order chi connectivity index (χ0) is 20.4. The lowest BCUT2D eigenvalue weighted by atomic mass is 10.1. The summed E-state index contributed by atoms with van der Waals surface area (Å²) >= 11 is 1.75. The van der Waals surface area contributed by atoms with Crippen molar-refractivity contribution in [3.63, 3.8) is 0 Å². The van der Waals surface area contributed by atoms with Gasteiger partial charge in [-0.1, -0.05) is 31.2 Å². The van der Waals surface area contributed by atoms with E-state index in [4.69, 9.17) is 0 Å². The van der Waals surface area contributed by atoms with E-state index in [1.54, 1.807) is 18.8 Å². The van der Waals surface area contributed by atoms with Crippen molar-refractivity contribution >= 4 is 29.3 Å². The number of nitrogens with zero attached hydrogens (tertiary/aromatic N) is 1. The van der Waals surface area contributed by atoms with Crippen molar-refractivity contribution in [2.75, 3.05) is 18.6 Å². The zero-order valence-corrected chi connectivity index (χ0v) is 18.0. The first-order chi connectivity index (χ1) is 13.5. The van der Waals surface area contributed by atoms with Crippen LogP contribution < -0.4 is 16.0 Å². The standard InChI is InChI=1S/C22H30N4OS/c1-5-7-21(27)26-19-9-6-8-17(13-19)14-24-22(23-3)25-15-18-11-10-16(2)12-20(18)28-4/h6,8-13H,5,7,14-15H2,1-4H3,(H,26,27)(H2,23,24,25). The van der Waals surface area contributed by atoms with E-state index in [0.717, 1.165) is 23.6 Å². The topological polar surface area (TPSA) is 65.5 Å². The van der Waals surface area contributed by atoms with Gasteiger partial charge in [-0.15, -0.1) is 11.8 Å². The number of benzene rings is 2. The summed E-state index contributed by atoms with van der Waals surface area (Å²) in [7, 11) is 1.77. The Morgan fingerprint density at radius 1 is 1.11 bits per heavy atom. The van der Waals surface area contributed by atoms with Crippen LogP contribution in [0.4, 0.5) is 5.69 Å². The van der Waals surface area contributed by atoms with E-state index >= 15 is 0 Å². The van der Waals surface area contributed by atoms with Crippen molar-refractivity contribution in [1.82, 2.24) is 10.6 Å². The summed E-state index contributed by atoms with van der Waals surface area (Å²) in [6.45, 7) is 5.44. The zero-order valence-electron chi connectivity index (χ0n) is 17.1. The molecule has 0 unspecified atom stereocenters. The Labute approximate surface area is 172 Å². The largest absolute Gasteiger partial charge is 0.352 e. The van der Waals surface area contributed by atoms with Crippen molar-refractivity contribution in [2.24, 2.45) is 4.99 Å². The van der Waals surface area contributed by atoms with Gasteiger partial charge < -0.3 is 16.0 Å². The minimum absolute atomic E-state index is 0.0489. The van der Waals surface area contributed by atoms with Gasteiger partial charge in [0.2, 0.25) is 5.91 Å². The number of carbonyl (C=O) groups excluding carboxylic acids is 1. The molecule has 0 atom stereocenters. The fraction of sp³-hybridized carbons (Fsp3) is 0.364. The SMILES string of the molecule is CCCC(=O)Nc1cccc(CNC(=NC)NCc2ccc(C)cc2SC)c1. The third-order valence-corrected chi connectivity index (χ3v) is 5.08. The molecule has 150 valence electrons. The van der Waals surface area contributed by atoms with E-state index in [1.807, 2.05) is 31.2 Å². The molecule has 0 bridgehead atoms. The molecule has 0 aliphatic heterocycles. The quantitative estimate of drug-likeness (QED) is 0.352. The van der Waals surface area contributed by atoms with E-state index in [9.17, 15) is 4.79 Å². The Balaban J connectivity index is 1.91. The highest BCUT2D eigenvalue weighted by molar-refractivity contribution is 7.98. The Hall–Kier alpha value is -2.47. The van der Waals surface area contributed by atoms with Crippen molar-refractivity contribution in [3.8, 4) is 0 Å². The molecule has 0 saturated carbocycles. The number of thioether (sulfide) groups is 1. The van der Waals surface area contributed by atoms with E-state index < -0.39 is 0 Å². The number of hydrogen-bond acceptors (Lipinski definition) is 3. The van der Waals surface area contributed by atoms with Crippen LogP contribution in [-0.2, 0) is 17.9 Å². The van der Waals surface area contributed by atoms with Gasteiger partial charge in [0.05, 0.1) is 0 Å². The first kappa shape index (κ1) is 21.8. The smallest absolute Gasteiger partial charge is 0.224 e. The molecule has 2 aromatic carbocycles. The van der Waals surface area contributed by atoms with Crippen LogP contribution in [0.3, 0.4) is 0 Å². The third kappa shape index (κ3) is 6.93. The second-order valence-corrected chi connectivity index (χ2v) is 7.44. The lowest BCUT2D eigenvalue weighted by Crippen LogP contribution is -2.36. The van der Waals surface area contributed by atoms with E-state index in [1.165, 1.54) is 16.0 Å². The van der Waals surface area contributed by atoms with E-state index in [0.29, 0.717) is 19.5 Å². The van der Waals surface area contributed by atoms with Gasteiger partial charge in [0.1, 0.15) is 0 Å². The maximum absolute atomic E-state index is 11.8. The van der Waals surface area contributed by atoms with Crippen molar-refractivity contribution in [3.05, 3.63) is 59.2 Å². The molecule has 0 fully saturated rings. The molecule has 2 rings (SSSR count).